The number of carbonyl (C=O) groups is 2. The van der Waals surface area contributed by atoms with E-state index in [0.717, 1.165) is 32.1 Å². The van der Waals surface area contributed by atoms with Crippen LogP contribution in [-0.2, 0) is 9.59 Å². The molecule has 0 bridgehead atoms. The highest BCUT2D eigenvalue weighted by Gasteiger charge is 2.37. The quantitative estimate of drug-likeness (QED) is 0.351. The van der Waals surface area contributed by atoms with Gasteiger partial charge in [-0.25, -0.2) is 8.78 Å². The fourth-order valence-corrected chi connectivity index (χ4v) is 4.97. The second-order valence-electron chi connectivity index (χ2n) is 9.67. The summed E-state index contributed by atoms with van der Waals surface area (Å²) in [6, 6.07) is 16.1. The number of rotatable bonds is 7. The highest BCUT2D eigenvalue weighted by Crippen LogP contribution is 2.32. The Bertz CT molecular complexity index is 1400. The number of hydrogen-bond donors (Lipinski definition) is 1. The van der Waals surface area contributed by atoms with Gasteiger partial charge in [0, 0.05) is 11.7 Å². The van der Waals surface area contributed by atoms with Gasteiger partial charge in [-0.2, -0.15) is 15.0 Å². The summed E-state index contributed by atoms with van der Waals surface area (Å²) in [6.07, 6.45) is 4.82. The van der Waals surface area contributed by atoms with Crippen molar-refractivity contribution in [3.8, 4) is 0 Å². The molecule has 0 saturated heterocycles. The van der Waals surface area contributed by atoms with Crippen LogP contribution < -0.4 is 10.2 Å². The van der Waals surface area contributed by atoms with E-state index in [-0.39, 0.29) is 11.7 Å². The first-order valence-electron chi connectivity index (χ1n) is 12.9. The lowest BCUT2D eigenvalue weighted by Gasteiger charge is -2.34. The van der Waals surface area contributed by atoms with Gasteiger partial charge in [-0.1, -0.05) is 49.6 Å². The van der Waals surface area contributed by atoms with Crippen molar-refractivity contribution < 1.29 is 18.4 Å². The minimum Gasteiger partial charge on any atom is -0.351 e. The molecule has 1 aromatic heterocycles. The van der Waals surface area contributed by atoms with Gasteiger partial charge in [0.15, 0.2) is 0 Å². The van der Waals surface area contributed by atoms with Gasteiger partial charge in [0.1, 0.15) is 34.8 Å². The summed E-state index contributed by atoms with van der Waals surface area (Å²) in [5.74, 6) is -1.94. The van der Waals surface area contributed by atoms with Gasteiger partial charge in [0.2, 0.25) is 5.91 Å². The Labute approximate surface area is 219 Å². The molecule has 1 aliphatic carbocycles. The number of anilines is 1. The molecule has 0 radical (unpaired) electrons. The van der Waals surface area contributed by atoms with Crippen LogP contribution in [0.25, 0.3) is 11.0 Å². The van der Waals surface area contributed by atoms with Gasteiger partial charge >= 0.3 is 0 Å². The van der Waals surface area contributed by atoms with Crippen molar-refractivity contribution in [2.75, 3.05) is 4.90 Å². The Hall–Kier alpha value is -4.14. The van der Waals surface area contributed by atoms with Gasteiger partial charge in [0.05, 0.1) is 0 Å². The standard InChI is InChI=1S/C29H29F2N5O2/c1-19(36-33-25-12-5-6-13-26(25)34-36)29(38)35(24-11-7-8-22(31)18-24)27(20-14-16-21(30)17-15-20)28(37)32-23-9-3-2-4-10-23/h5-8,11-19,23,27H,2-4,9-10H2,1H3,(H,32,37)/t19-,27+/m0/s1. The Kier molecular flexibility index (Phi) is 7.44. The van der Waals surface area contributed by atoms with E-state index in [1.807, 2.05) is 12.1 Å². The average Bonchev–Trinajstić information content (AvgIpc) is 3.36. The number of halogens is 2. The van der Waals surface area contributed by atoms with Crippen molar-refractivity contribution in [3.05, 3.63) is 90.0 Å². The summed E-state index contributed by atoms with van der Waals surface area (Å²) in [5, 5.41) is 12.0. The fraction of sp³-hybridized carbons (Fsp3) is 0.310. The van der Waals surface area contributed by atoms with Gasteiger partial charge in [-0.15, -0.1) is 0 Å². The highest BCUT2D eigenvalue weighted by molar-refractivity contribution is 6.03. The normalized spacial score (nSPS) is 15.7. The predicted molar refractivity (Wildman–Crippen MR) is 140 cm³/mol. The second kappa shape index (κ2) is 11.1. The zero-order valence-electron chi connectivity index (χ0n) is 21.1. The van der Waals surface area contributed by atoms with E-state index in [0.29, 0.717) is 16.6 Å². The van der Waals surface area contributed by atoms with Gasteiger partial charge < -0.3 is 5.32 Å². The van der Waals surface area contributed by atoms with E-state index < -0.39 is 35.5 Å². The van der Waals surface area contributed by atoms with E-state index >= 15 is 0 Å². The molecule has 3 aromatic carbocycles. The summed E-state index contributed by atoms with van der Waals surface area (Å²) in [6.45, 7) is 1.63. The highest BCUT2D eigenvalue weighted by atomic mass is 19.1. The fourth-order valence-electron chi connectivity index (χ4n) is 4.97. The number of nitrogens with one attached hydrogen (secondary N) is 1. The van der Waals surface area contributed by atoms with Crippen molar-refractivity contribution in [1.82, 2.24) is 20.3 Å². The molecule has 9 heteroatoms. The Morgan fingerprint density at radius 1 is 0.895 bits per heavy atom. The molecular weight excluding hydrogens is 488 g/mol. The molecule has 1 heterocycles. The molecule has 38 heavy (non-hydrogen) atoms. The molecule has 0 spiro atoms. The van der Waals surface area contributed by atoms with Crippen molar-refractivity contribution in [2.24, 2.45) is 0 Å². The predicted octanol–water partition coefficient (Wildman–Crippen LogP) is 5.49. The largest absolute Gasteiger partial charge is 0.351 e. The van der Waals surface area contributed by atoms with Crippen LogP contribution in [0, 0.1) is 11.6 Å². The molecule has 0 unspecified atom stereocenters. The zero-order chi connectivity index (χ0) is 26.6. The number of fused-ring (bicyclic) bond motifs is 1. The minimum absolute atomic E-state index is 0.0286. The SMILES string of the molecule is C[C@@H](C(=O)N(c1cccc(F)c1)[C@@H](C(=O)NC1CCCCC1)c1ccc(F)cc1)n1nc2ccccc2n1. The number of aromatic nitrogens is 3. The zero-order valence-corrected chi connectivity index (χ0v) is 21.1. The number of nitrogens with zero attached hydrogens (tertiary/aromatic N) is 4. The molecule has 1 N–H and O–H groups in total. The molecular formula is C29H29F2N5O2. The summed E-state index contributed by atoms with van der Waals surface area (Å²) in [7, 11) is 0. The molecule has 1 aliphatic rings. The van der Waals surface area contributed by atoms with E-state index in [1.165, 1.54) is 52.2 Å². The lowest BCUT2D eigenvalue weighted by molar-refractivity contribution is -0.128. The van der Waals surface area contributed by atoms with Gasteiger partial charge in [0.25, 0.3) is 5.91 Å². The van der Waals surface area contributed by atoms with Crippen LogP contribution in [0.15, 0.2) is 72.8 Å². The molecule has 0 aliphatic heterocycles. The van der Waals surface area contributed by atoms with Crippen LogP contribution in [0.3, 0.4) is 0 Å². The van der Waals surface area contributed by atoms with Crippen LogP contribution in [0.2, 0.25) is 0 Å². The van der Waals surface area contributed by atoms with Crippen LogP contribution in [-0.4, -0.2) is 32.9 Å². The molecule has 196 valence electrons. The lowest BCUT2D eigenvalue weighted by Crippen LogP contribution is -2.49. The second-order valence-corrected chi connectivity index (χ2v) is 9.67. The summed E-state index contributed by atoms with van der Waals surface area (Å²) < 4.78 is 28.3. The first-order chi connectivity index (χ1) is 18.4. The van der Waals surface area contributed by atoms with E-state index in [4.69, 9.17) is 0 Å². The number of carbonyl (C=O) groups excluding carboxylic acids is 2. The minimum atomic E-state index is -1.17. The van der Waals surface area contributed by atoms with Crippen molar-refractivity contribution in [2.45, 2.75) is 57.2 Å². The molecule has 2 atom stereocenters. The van der Waals surface area contributed by atoms with Crippen molar-refractivity contribution >= 4 is 28.5 Å². The molecule has 5 rings (SSSR count). The van der Waals surface area contributed by atoms with Crippen molar-refractivity contribution in [1.29, 1.82) is 0 Å². The maximum Gasteiger partial charge on any atom is 0.254 e. The molecule has 2 amide bonds. The third-order valence-corrected chi connectivity index (χ3v) is 6.97. The maximum absolute atomic E-state index is 14.4. The van der Waals surface area contributed by atoms with Crippen LogP contribution in [0.5, 0.6) is 0 Å². The number of amides is 2. The molecule has 4 aromatic rings. The monoisotopic (exact) mass is 517 g/mol. The summed E-state index contributed by atoms with van der Waals surface area (Å²) in [4.78, 5) is 30.6. The van der Waals surface area contributed by atoms with Crippen LogP contribution >= 0.6 is 0 Å². The van der Waals surface area contributed by atoms with Crippen LogP contribution in [0.1, 0.15) is 56.7 Å². The number of hydrogen-bond acceptors (Lipinski definition) is 4. The molecule has 1 saturated carbocycles. The maximum atomic E-state index is 14.4. The summed E-state index contributed by atoms with van der Waals surface area (Å²) >= 11 is 0. The number of benzene rings is 3. The van der Waals surface area contributed by atoms with Gasteiger partial charge in [-0.3, -0.25) is 14.5 Å². The molecule has 1 fully saturated rings. The Balaban J connectivity index is 1.58. The molecule has 7 nitrogen and oxygen atoms in total. The first kappa shape index (κ1) is 25.5. The Morgan fingerprint density at radius 3 is 2.18 bits per heavy atom. The smallest absolute Gasteiger partial charge is 0.254 e. The van der Waals surface area contributed by atoms with Gasteiger partial charge in [-0.05, 0) is 67.8 Å². The Morgan fingerprint density at radius 2 is 1.55 bits per heavy atom. The topological polar surface area (TPSA) is 80.1 Å². The summed E-state index contributed by atoms with van der Waals surface area (Å²) in [5.41, 5.74) is 1.85. The third kappa shape index (κ3) is 5.41. The van der Waals surface area contributed by atoms with Crippen molar-refractivity contribution in [3.63, 3.8) is 0 Å². The van der Waals surface area contributed by atoms with Crippen LogP contribution in [0.4, 0.5) is 14.5 Å². The average molecular weight is 518 g/mol. The van der Waals surface area contributed by atoms with E-state index in [9.17, 15) is 18.4 Å². The van der Waals surface area contributed by atoms with E-state index in [1.54, 1.807) is 25.1 Å². The van der Waals surface area contributed by atoms with E-state index in [2.05, 4.69) is 15.5 Å². The first-order valence-corrected chi connectivity index (χ1v) is 12.9. The third-order valence-electron chi connectivity index (χ3n) is 6.97. The lowest BCUT2D eigenvalue weighted by atomic mass is 9.94.